The van der Waals surface area contributed by atoms with Gasteiger partial charge in [0.15, 0.2) is 0 Å². The Morgan fingerprint density at radius 1 is 1.11 bits per heavy atom. The van der Waals surface area contributed by atoms with Gasteiger partial charge in [0.2, 0.25) is 5.91 Å². The summed E-state index contributed by atoms with van der Waals surface area (Å²) in [6.45, 7) is 0.676. The zero-order valence-corrected chi connectivity index (χ0v) is 16.0. The third-order valence-electron chi connectivity index (χ3n) is 6.55. The fourth-order valence-corrected chi connectivity index (χ4v) is 4.64. The molecule has 1 saturated heterocycles. The molecule has 0 unspecified atom stereocenters. The molecule has 2 N–H and O–H groups in total. The number of likely N-dealkylation sites (tertiary alicyclic amines) is 1. The van der Waals surface area contributed by atoms with Gasteiger partial charge in [-0.05, 0) is 55.2 Å². The second-order valence-corrected chi connectivity index (χ2v) is 8.44. The van der Waals surface area contributed by atoms with Gasteiger partial charge in [0.1, 0.15) is 0 Å². The molecule has 1 saturated carbocycles. The van der Waals surface area contributed by atoms with Crippen LogP contribution in [0, 0.1) is 5.92 Å². The molecule has 27 heavy (non-hydrogen) atoms. The molecule has 2 fully saturated rings. The van der Waals surface area contributed by atoms with Crippen LogP contribution in [-0.4, -0.2) is 47.1 Å². The normalized spacial score (nSPS) is 25.0. The summed E-state index contributed by atoms with van der Waals surface area (Å²) < 4.78 is 0. The summed E-state index contributed by atoms with van der Waals surface area (Å²) in [6, 6.07) is 5.63. The predicted octanol–water partition coefficient (Wildman–Crippen LogP) is 2.45. The van der Waals surface area contributed by atoms with Crippen molar-refractivity contribution >= 4 is 11.8 Å². The molecule has 0 aromatic heterocycles. The predicted molar refractivity (Wildman–Crippen MR) is 104 cm³/mol. The van der Waals surface area contributed by atoms with E-state index < -0.39 is 6.10 Å². The largest absolute Gasteiger partial charge is 0.389 e. The first-order valence-corrected chi connectivity index (χ1v) is 10.5. The number of rotatable bonds is 5. The molecule has 1 heterocycles. The quantitative estimate of drug-likeness (QED) is 0.836. The maximum absolute atomic E-state index is 13.1. The number of β-amino-alcohol motifs (C(OH)–C–C–N with tert-alkyl or cyclic N) is 1. The van der Waals surface area contributed by atoms with Crippen molar-refractivity contribution in [1.29, 1.82) is 0 Å². The van der Waals surface area contributed by atoms with Crippen LogP contribution in [0.5, 0.6) is 0 Å². The Balaban J connectivity index is 1.36. The second-order valence-electron chi connectivity index (χ2n) is 8.44. The lowest BCUT2D eigenvalue weighted by Crippen LogP contribution is -2.43. The molecule has 2 amide bonds. The van der Waals surface area contributed by atoms with Crippen molar-refractivity contribution in [2.24, 2.45) is 5.92 Å². The van der Waals surface area contributed by atoms with Crippen LogP contribution in [-0.2, 0) is 17.6 Å². The zero-order valence-electron chi connectivity index (χ0n) is 16.0. The number of aliphatic hydroxyl groups excluding tert-OH is 1. The van der Waals surface area contributed by atoms with E-state index in [1.807, 2.05) is 12.1 Å². The molecule has 4 rings (SSSR count). The molecule has 0 radical (unpaired) electrons. The number of carbonyl (C=O) groups is 2. The maximum Gasteiger partial charge on any atom is 0.254 e. The second kappa shape index (κ2) is 8.01. The number of hydrogen-bond acceptors (Lipinski definition) is 3. The van der Waals surface area contributed by atoms with Crippen molar-refractivity contribution in [3.63, 3.8) is 0 Å². The molecule has 146 valence electrons. The van der Waals surface area contributed by atoms with Gasteiger partial charge in [-0.3, -0.25) is 9.59 Å². The van der Waals surface area contributed by atoms with Gasteiger partial charge in [-0.15, -0.1) is 0 Å². The number of fused-ring (bicyclic) bond motifs is 1. The highest BCUT2D eigenvalue weighted by Crippen LogP contribution is 2.30. The fraction of sp³-hybridized carbons (Fsp3) is 0.636. The van der Waals surface area contributed by atoms with E-state index in [2.05, 4.69) is 11.4 Å². The molecule has 1 aliphatic heterocycles. The fourth-order valence-electron chi connectivity index (χ4n) is 4.64. The highest BCUT2D eigenvalue weighted by atomic mass is 16.3. The molecule has 0 spiro atoms. The van der Waals surface area contributed by atoms with E-state index in [1.165, 1.54) is 36.8 Å². The lowest BCUT2D eigenvalue weighted by molar-refractivity contribution is -0.122. The lowest BCUT2D eigenvalue weighted by atomic mass is 9.82. The minimum atomic E-state index is -0.693. The Hall–Kier alpha value is -1.88. The summed E-state index contributed by atoms with van der Waals surface area (Å²) in [6.07, 6.45) is 8.83. The Labute approximate surface area is 161 Å². The van der Waals surface area contributed by atoms with Crippen LogP contribution in [0.2, 0.25) is 0 Å². The molecule has 5 heteroatoms. The molecule has 3 aliphatic rings. The Morgan fingerprint density at radius 2 is 1.93 bits per heavy atom. The zero-order chi connectivity index (χ0) is 18.8. The third-order valence-corrected chi connectivity index (χ3v) is 6.55. The topological polar surface area (TPSA) is 69.6 Å². The molecule has 1 aromatic carbocycles. The molecule has 0 bridgehead atoms. The minimum absolute atomic E-state index is 0.00246. The lowest BCUT2D eigenvalue weighted by Gasteiger charge is -2.25. The molecule has 2 aliphatic carbocycles. The average molecular weight is 370 g/mol. The highest BCUT2D eigenvalue weighted by molar-refractivity contribution is 5.96. The first-order valence-electron chi connectivity index (χ1n) is 10.5. The standard InChI is InChI=1S/C22H30N2O3/c25-20-14-24(13-19(20)23-21(26)12-11-15-5-3-6-15)22(27)18-10-4-8-16-7-1-2-9-17(16)18/h4,8,10,15,19-20,25H,1-3,5-7,9,11-14H2,(H,23,26)/t19-,20+/m0/s1. The van der Waals surface area contributed by atoms with Crippen LogP contribution in [0.15, 0.2) is 18.2 Å². The van der Waals surface area contributed by atoms with Crippen LogP contribution < -0.4 is 5.32 Å². The van der Waals surface area contributed by atoms with Crippen molar-refractivity contribution in [3.8, 4) is 0 Å². The first kappa shape index (κ1) is 18.5. The molecular formula is C22H30N2O3. The van der Waals surface area contributed by atoms with Gasteiger partial charge in [0.25, 0.3) is 5.91 Å². The summed E-state index contributed by atoms with van der Waals surface area (Å²) in [5.74, 6) is 0.683. The van der Waals surface area contributed by atoms with Crippen molar-refractivity contribution in [3.05, 3.63) is 34.9 Å². The van der Waals surface area contributed by atoms with E-state index >= 15 is 0 Å². The maximum atomic E-state index is 13.1. The SMILES string of the molecule is O=C(CCC1CCC1)N[C@H]1CN(C(=O)c2cccc3c2CCCC3)C[C@H]1O. The van der Waals surface area contributed by atoms with E-state index in [9.17, 15) is 14.7 Å². The number of hydrogen-bond donors (Lipinski definition) is 2. The van der Waals surface area contributed by atoms with Crippen molar-refractivity contribution < 1.29 is 14.7 Å². The van der Waals surface area contributed by atoms with Gasteiger partial charge in [-0.2, -0.15) is 0 Å². The van der Waals surface area contributed by atoms with Crippen LogP contribution in [0.4, 0.5) is 0 Å². The van der Waals surface area contributed by atoms with Crippen LogP contribution in [0.25, 0.3) is 0 Å². The minimum Gasteiger partial charge on any atom is -0.389 e. The molecule has 2 atom stereocenters. The Kier molecular flexibility index (Phi) is 5.48. The van der Waals surface area contributed by atoms with Gasteiger partial charge in [-0.25, -0.2) is 0 Å². The van der Waals surface area contributed by atoms with Gasteiger partial charge >= 0.3 is 0 Å². The molecule has 1 aromatic rings. The van der Waals surface area contributed by atoms with Gasteiger partial charge in [0.05, 0.1) is 12.1 Å². The van der Waals surface area contributed by atoms with Crippen molar-refractivity contribution in [2.45, 2.75) is 69.9 Å². The summed E-state index contributed by atoms with van der Waals surface area (Å²) in [5.41, 5.74) is 3.24. The summed E-state index contributed by atoms with van der Waals surface area (Å²) in [5, 5.41) is 13.3. The first-order chi connectivity index (χ1) is 13.1. The van der Waals surface area contributed by atoms with Crippen LogP contribution >= 0.6 is 0 Å². The van der Waals surface area contributed by atoms with E-state index in [4.69, 9.17) is 0 Å². The number of nitrogens with zero attached hydrogens (tertiary/aromatic N) is 1. The van der Waals surface area contributed by atoms with Crippen LogP contribution in [0.1, 0.15) is 66.4 Å². The van der Waals surface area contributed by atoms with Crippen molar-refractivity contribution in [2.75, 3.05) is 13.1 Å². The highest BCUT2D eigenvalue weighted by Gasteiger charge is 2.36. The molecular weight excluding hydrogens is 340 g/mol. The van der Waals surface area contributed by atoms with Gasteiger partial charge in [-0.1, -0.05) is 31.4 Å². The number of aliphatic hydroxyl groups is 1. The number of nitrogens with one attached hydrogen (secondary N) is 1. The number of amides is 2. The Bertz CT molecular complexity index is 714. The van der Waals surface area contributed by atoms with Gasteiger partial charge in [0, 0.05) is 25.1 Å². The summed E-state index contributed by atoms with van der Waals surface area (Å²) in [7, 11) is 0. The Morgan fingerprint density at radius 3 is 2.70 bits per heavy atom. The smallest absolute Gasteiger partial charge is 0.254 e. The number of carbonyl (C=O) groups excluding carboxylic acids is 2. The molecule has 5 nitrogen and oxygen atoms in total. The van der Waals surface area contributed by atoms with Gasteiger partial charge < -0.3 is 15.3 Å². The number of aryl methyl sites for hydroxylation is 1. The average Bonchev–Trinajstić information content (AvgIpc) is 3.00. The third kappa shape index (κ3) is 4.03. The van der Waals surface area contributed by atoms with E-state index in [0.717, 1.165) is 31.2 Å². The monoisotopic (exact) mass is 370 g/mol. The van der Waals surface area contributed by atoms with Crippen LogP contribution in [0.3, 0.4) is 0 Å². The van der Waals surface area contributed by atoms with E-state index in [0.29, 0.717) is 18.9 Å². The summed E-state index contributed by atoms with van der Waals surface area (Å²) in [4.78, 5) is 27.0. The van der Waals surface area contributed by atoms with E-state index in [-0.39, 0.29) is 24.4 Å². The number of benzene rings is 1. The summed E-state index contributed by atoms with van der Waals surface area (Å²) >= 11 is 0. The van der Waals surface area contributed by atoms with E-state index in [1.54, 1.807) is 4.90 Å². The van der Waals surface area contributed by atoms with Crippen molar-refractivity contribution in [1.82, 2.24) is 10.2 Å².